The number of esters is 2. The lowest BCUT2D eigenvalue weighted by Crippen LogP contribution is -2.53. The zero-order valence-electron chi connectivity index (χ0n) is 16.6. The third kappa shape index (κ3) is 2.33. The fraction of sp³-hybridized carbons (Fsp3) is 0.318. The summed E-state index contributed by atoms with van der Waals surface area (Å²) in [6.07, 6.45) is 0. The van der Waals surface area contributed by atoms with E-state index < -0.39 is 29.1 Å². The Morgan fingerprint density at radius 3 is 2.34 bits per heavy atom. The molecular formula is C22H21NO6. The number of nitrogens with two attached hydrogens (primary N) is 1. The predicted octanol–water partition coefficient (Wildman–Crippen LogP) is 3.16. The van der Waals surface area contributed by atoms with E-state index >= 15 is 0 Å². The van der Waals surface area contributed by atoms with Gasteiger partial charge in [-0.15, -0.1) is 0 Å². The molecule has 2 atom stereocenters. The molecular weight excluding hydrogens is 374 g/mol. The number of nitrogen functional groups attached to an aromatic ring is 1. The zero-order chi connectivity index (χ0) is 21.1. The summed E-state index contributed by atoms with van der Waals surface area (Å²) in [5.74, 6) is -3.47. The van der Waals surface area contributed by atoms with E-state index in [9.17, 15) is 14.4 Å². The van der Waals surface area contributed by atoms with Gasteiger partial charge in [-0.1, -0.05) is 38.1 Å². The summed E-state index contributed by atoms with van der Waals surface area (Å²) in [4.78, 5) is 37.9. The molecule has 1 aliphatic carbocycles. The largest absolute Gasteiger partial charge is 0.444 e. The van der Waals surface area contributed by atoms with Crippen molar-refractivity contribution >= 4 is 23.4 Å². The van der Waals surface area contributed by atoms with Crippen LogP contribution >= 0.6 is 0 Å². The molecule has 0 aromatic heterocycles. The number of ketones is 1. The normalized spacial score (nSPS) is 23.8. The highest BCUT2D eigenvalue weighted by Crippen LogP contribution is 2.63. The van der Waals surface area contributed by atoms with Crippen molar-refractivity contribution in [2.45, 2.75) is 45.0 Å². The molecule has 0 saturated carbocycles. The van der Waals surface area contributed by atoms with Crippen LogP contribution in [0.25, 0.3) is 0 Å². The number of rotatable bonds is 3. The van der Waals surface area contributed by atoms with Crippen molar-refractivity contribution < 1.29 is 28.6 Å². The van der Waals surface area contributed by atoms with Crippen molar-refractivity contribution in [2.75, 3.05) is 5.73 Å². The summed E-state index contributed by atoms with van der Waals surface area (Å²) in [5, 5.41) is 0. The van der Waals surface area contributed by atoms with Gasteiger partial charge in [0.15, 0.2) is 0 Å². The number of carbonyl (C=O) groups excluding carboxylic acids is 3. The molecule has 4 rings (SSSR count). The minimum atomic E-state index is -2.01. The molecule has 2 aromatic carbocycles. The van der Waals surface area contributed by atoms with Crippen molar-refractivity contribution in [3.05, 3.63) is 58.7 Å². The number of hydrogen-bond donors (Lipinski definition) is 1. The Morgan fingerprint density at radius 1 is 1.03 bits per heavy atom. The maximum Gasteiger partial charge on any atom is 0.334 e. The number of carbonyl (C=O) groups is 3. The van der Waals surface area contributed by atoms with E-state index in [0.29, 0.717) is 11.3 Å². The molecule has 2 aliphatic rings. The predicted molar refractivity (Wildman–Crippen MR) is 103 cm³/mol. The van der Waals surface area contributed by atoms with Gasteiger partial charge in [0.05, 0.1) is 16.7 Å². The van der Waals surface area contributed by atoms with Crippen molar-refractivity contribution in [1.29, 1.82) is 0 Å². The fourth-order valence-electron chi connectivity index (χ4n) is 4.20. The molecule has 29 heavy (non-hydrogen) atoms. The van der Waals surface area contributed by atoms with Crippen LogP contribution in [0.3, 0.4) is 0 Å². The van der Waals surface area contributed by atoms with Crippen LogP contribution in [0.2, 0.25) is 0 Å². The van der Waals surface area contributed by atoms with Crippen LogP contribution in [-0.4, -0.2) is 17.7 Å². The molecule has 0 fully saturated rings. The quantitative estimate of drug-likeness (QED) is 0.629. The Balaban J connectivity index is 2.08. The molecule has 150 valence electrons. The first kappa shape index (κ1) is 19.0. The standard InChI is InChI=1S/C22H21NO6/c1-11(2)14-8-9-15-18(10-14)29-22(28-13(4)25)16-6-5-7-17(23)19(16)20(26)21(15,22)27-12(3)24/h5-11H,23H2,1-4H3/t21?,22-/m0/s1. The maximum atomic E-state index is 13.7. The molecule has 2 N–H and O–H groups in total. The lowest BCUT2D eigenvalue weighted by molar-refractivity contribution is -0.254. The lowest BCUT2D eigenvalue weighted by Gasteiger charge is -2.35. The molecule has 0 amide bonds. The molecule has 0 saturated heterocycles. The van der Waals surface area contributed by atoms with Crippen molar-refractivity contribution in [1.82, 2.24) is 0 Å². The lowest BCUT2D eigenvalue weighted by atomic mass is 9.85. The molecule has 7 nitrogen and oxygen atoms in total. The Bertz CT molecular complexity index is 1070. The van der Waals surface area contributed by atoms with Crippen LogP contribution in [0, 0.1) is 0 Å². The highest BCUT2D eigenvalue weighted by molar-refractivity contribution is 6.14. The number of Topliss-reactive ketones (excluding diaryl/α,β-unsaturated/α-hetero) is 1. The van der Waals surface area contributed by atoms with Gasteiger partial charge in [0, 0.05) is 19.5 Å². The van der Waals surface area contributed by atoms with Crippen LogP contribution in [0.15, 0.2) is 36.4 Å². The van der Waals surface area contributed by atoms with Crippen molar-refractivity contribution in [3.63, 3.8) is 0 Å². The Kier molecular flexibility index (Phi) is 3.98. The smallest absolute Gasteiger partial charge is 0.334 e. The van der Waals surface area contributed by atoms with Crippen molar-refractivity contribution in [2.24, 2.45) is 0 Å². The van der Waals surface area contributed by atoms with Crippen LogP contribution in [-0.2, 0) is 30.5 Å². The Hall–Kier alpha value is -3.35. The second-order valence-electron chi connectivity index (χ2n) is 7.60. The number of fused-ring (bicyclic) bond motifs is 5. The zero-order valence-corrected chi connectivity index (χ0v) is 16.6. The van der Waals surface area contributed by atoms with Gasteiger partial charge in [-0.2, -0.15) is 0 Å². The van der Waals surface area contributed by atoms with Gasteiger partial charge in [0.2, 0.25) is 5.78 Å². The van der Waals surface area contributed by atoms with E-state index in [0.717, 1.165) is 5.56 Å². The van der Waals surface area contributed by atoms with Gasteiger partial charge in [0.25, 0.3) is 5.60 Å². The highest BCUT2D eigenvalue weighted by Gasteiger charge is 2.77. The molecule has 1 unspecified atom stereocenters. The first-order valence-corrected chi connectivity index (χ1v) is 9.30. The molecule has 7 heteroatoms. The molecule has 0 spiro atoms. The van der Waals surface area contributed by atoms with E-state index in [2.05, 4.69) is 0 Å². The van der Waals surface area contributed by atoms with E-state index in [1.807, 2.05) is 19.9 Å². The second-order valence-corrected chi connectivity index (χ2v) is 7.60. The summed E-state index contributed by atoms with van der Waals surface area (Å²) < 4.78 is 17.5. The van der Waals surface area contributed by atoms with Crippen LogP contribution in [0.1, 0.15) is 60.7 Å². The third-order valence-electron chi connectivity index (χ3n) is 5.35. The molecule has 1 heterocycles. The molecule has 2 aromatic rings. The average Bonchev–Trinajstić information content (AvgIpc) is 2.99. The number of ether oxygens (including phenoxy) is 3. The summed E-state index contributed by atoms with van der Waals surface area (Å²) in [7, 11) is 0. The first-order valence-electron chi connectivity index (χ1n) is 9.30. The van der Waals surface area contributed by atoms with Gasteiger partial charge in [-0.3, -0.25) is 14.4 Å². The van der Waals surface area contributed by atoms with E-state index in [4.69, 9.17) is 19.9 Å². The summed E-state index contributed by atoms with van der Waals surface area (Å²) in [6.45, 7) is 6.42. The minimum Gasteiger partial charge on any atom is -0.444 e. The van der Waals surface area contributed by atoms with Crippen LogP contribution < -0.4 is 10.5 Å². The monoisotopic (exact) mass is 395 g/mol. The number of hydrogen-bond acceptors (Lipinski definition) is 7. The van der Waals surface area contributed by atoms with Gasteiger partial charge < -0.3 is 19.9 Å². The van der Waals surface area contributed by atoms with Gasteiger partial charge >= 0.3 is 17.7 Å². The number of anilines is 1. The third-order valence-corrected chi connectivity index (χ3v) is 5.35. The van der Waals surface area contributed by atoms with E-state index in [1.54, 1.807) is 30.3 Å². The second kappa shape index (κ2) is 6.07. The Labute approximate surface area is 167 Å². The molecule has 0 radical (unpaired) electrons. The SMILES string of the molecule is CC(=O)OC12C(=O)c3c(N)cccc3[C@]1(OC(C)=O)Oc1cc(C(C)C)ccc12. The van der Waals surface area contributed by atoms with Crippen LogP contribution in [0.5, 0.6) is 5.75 Å². The minimum absolute atomic E-state index is 0.119. The van der Waals surface area contributed by atoms with Crippen LogP contribution in [0.4, 0.5) is 5.69 Å². The molecule has 1 aliphatic heterocycles. The van der Waals surface area contributed by atoms with E-state index in [-0.39, 0.29) is 22.7 Å². The highest BCUT2D eigenvalue weighted by atomic mass is 16.8. The van der Waals surface area contributed by atoms with Gasteiger partial charge in [-0.25, -0.2) is 0 Å². The summed E-state index contributed by atoms with van der Waals surface area (Å²) in [5.41, 5.74) is 5.90. The maximum absolute atomic E-state index is 13.7. The van der Waals surface area contributed by atoms with Crippen molar-refractivity contribution in [3.8, 4) is 5.75 Å². The molecule has 0 bridgehead atoms. The number of benzene rings is 2. The summed E-state index contributed by atoms with van der Waals surface area (Å²) in [6, 6.07) is 10.1. The van der Waals surface area contributed by atoms with Gasteiger partial charge in [0.1, 0.15) is 5.75 Å². The van der Waals surface area contributed by atoms with Gasteiger partial charge in [-0.05, 0) is 23.6 Å². The Morgan fingerprint density at radius 2 is 1.72 bits per heavy atom. The topological polar surface area (TPSA) is 105 Å². The summed E-state index contributed by atoms with van der Waals surface area (Å²) >= 11 is 0. The average molecular weight is 395 g/mol. The fourth-order valence-corrected chi connectivity index (χ4v) is 4.20. The van der Waals surface area contributed by atoms with E-state index in [1.165, 1.54) is 13.8 Å². The first-order chi connectivity index (χ1) is 13.6.